The normalized spacial score (nSPS) is 9.40. The highest BCUT2D eigenvalue weighted by atomic mass is 19.1. The van der Waals surface area contributed by atoms with Gasteiger partial charge in [0.2, 0.25) is 0 Å². The number of aryl methyl sites for hydroxylation is 2. The van der Waals surface area contributed by atoms with Gasteiger partial charge in [-0.3, -0.25) is 0 Å². The molecule has 0 atom stereocenters. The molecule has 0 fully saturated rings. The third-order valence-corrected chi connectivity index (χ3v) is 2.17. The van der Waals surface area contributed by atoms with Gasteiger partial charge in [-0.25, -0.2) is 4.39 Å². The van der Waals surface area contributed by atoms with Crippen molar-refractivity contribution in [2.24, 2.45) is 0 Å². The second-order valence-electron chi connectivity index (χ2n) is 3.18. The molecule has 2 heteroatoms. The van der Waals surface area contributed by atoms with E-state index in [2.05, 4.69) is 6.92 Å². The number of hydrogen-bond acceptors (Lipinski definition) is 1. The van der Waals surface area contributed by atoms with E-state index in [0.29, 0.717) is 0 Å². The van der Waals surface area contributed by atoms with Gasteiger partial charge in [0.25, 0.3) is 0 Å². The van der Waals surface area contributed by atoms with E-state index in [-0.39, 0.29) is 5.75 Å². The lowest BCUT2D eigenvalue weighted by molar-refractivity contribution is 0.431. The fourth-order valence-electron chi connectivity index (χ4n) is 1.48. The minimum atomic E-state index is -0.517. The van der Waals surface area contributed by atoms with Crippen LogP contribution in [0.4, 0.5) is 4.39 Å². The van der Waals surface area contributed by atoms with Crippen molar-refractivity contribution in [3.05, 3.63) is 29.1 Å². The van der Waals surface area contributed by atoms with Gasteiger partial charge in [0.15, 0.2) is 11.6 Å². The largest absolute Gasteiger partial charge is 0.505 e. The molecule has 1 nitrogen and oxygen atoms in total. The lowest BCUT2D eigenvalue weighted by atomic mass is 10.0. The first kappa shape index (κ1) is 13.9. The fraction of sp³-hybridized carbons (Fsp3) is 0.538. The van der Waals surface area contributed by atoms with Crippen molar-refractivity contribution >= 4 is 0 Å². The minimum Gasteiger partial charge on any atom is -0.505 e. The average Bonchev–Trinajstić information content (AvgIpc) is 2.26. The highest BCUT2D eigenvalue weighted by Crippen LogP contribution is 2.22. The van der Waals surface area contributed by atoms with E-state index in [1.807, 2.05) is 20.8 Å². The molecule has 1 rings (SSSR count). The quantitative estimate of drug-likeness (QED) is 0.800. The number of phenolic OH excluding ortho intramolecular Hbond substituents is 1. The third kappa shape index (κ3) is 3.90. The highest BCUT2D eigenvalue weighted by Gasteiger charge is 2.06. The Labute approximate surface area is 92.0 Å². The van der Waals surface area contributed by atoms with Crippen LogP contribution in [0.1, 0.15) is 45.2 Å². The van der Waals surface area contributed by atoms with Gasteiger partial charge in [-0.2, -0.15) is 0 Å². The van der Waals surface area contributed by atoms with E-state index in [4.69, 9.17) is 0 Å². The molecule has 15 heavy (non-hydrogen) atoms. The second kappa shape index (κ2) is 7.27. The summed E-state index contributed by atoms with van der Waals surface area (Å²) < 4.78 is 12.9. The zero-order chi connectivity index (χ0) is 11.8. The SMILES string of the molecule is CC.CCCc1cc(O)c(F)cc1CC. The van der Waals surface area contributed by atoms with Gasteiger partial charge in [0.05, 0.1) is 0 Å². The number of rotatable bonds is 3. The summed E-state index contributed by atoms with van der Waals surface area (Å²) in [7, 11) is 0. The summed E-state index contributed by atoms with van der Waals surface area (Å²) in [4.78, 5) is 0. The first-order valence-corrected chi connectivity index (χ1v) is 5.69. The summed E-state index contributed by atoms with van der Waals surface area (Å²) in [5, 5.41) is 9.17. The first-order chi connectivity index (χ1) is 7.19. The molecular formula is C13H21FO. The van der Waals surface area contributed by atoms with Crippen LogP contribution in [-0.2, 0) is 12.8 Å². The van der Waals surface area contributed by atoms with Gasteiger partial charge in [0, 0.05) is 0 Å². The predicted octanol–water partition coefficient (Wildman–Crippen LogP) is 4.07. The number of phenols is 1. The molecule has 0 radical (unpaired) electrons. The van der Waals surface area contributed by atoms with Gasteiger partial charge >= 0.3 is 0 Å². The Morgan fingerprint density at radius 3 is 2.20 bits per heavy atom. The van der Waals surface area contributed by atoms with Crippen LogP contribution < -0.4 is 0 Å². The van der Waals surface area contributed by atoms with E-state index in [1.54, 1.807) is 0 Å². The Morgan fingerprint density at radius 1 is 1.13 bits per heavy atom. The van der Waals surface area contributed by atoms with E-state index in [1.165, 1.54) is 12.1 Å². The molecule has 0 aromatic heterocycles. The molecule has 0 aliphatic rings. The maximum Gasteiger partial charge on any atom is 0.165 e. The Kier molecular flexibility index (Phi) is 6.76. The van der Waals surface area contributed by atoms with Crippen LogP contribution in [0.15, 0.2) is 12.1 Å². The summed E-state index contributed by atoms with van der Waals surface area (Å²) in [6.07, 6.45) is 2.72. The van der Waals surface area contributed by atoms with E-state index in [9.17, 15) is 9.50 Å². The number of hydrogen-bond donors (Lipinski definition) is 1. The van der Waals surface area contributed by atoms with E-state index >= 15 is 0 Å². The molecule has 1 aromatic rings. The Balaban J connectivity index is 0.000000921. The predicted molar refractivity (Wildman–Crippen MR) is 62.8 cm³/mol. The molecule has 0 bridgehead atoms. The van der Waals surface area contributed by atoms with Crippen molar-refractivity contribution in [2.45, 2.75) is 47.0 Å². The van der Waals surface area contributed by atoms with E-state index in [0.717, 1.165) is 30.4 Å². The van der Waals surface area contributed by atoms with Gasteiger partial charge in [-0.15, -0.1) is 0 Å². The van der Waals surface area contributed by atoms with Crippen LogP contribution >= 0.6 is 0 Å². The smallest absolute Gasteiger partial charge is 0.165 e. The van der Waals surface area contributed by atoms with Crippen LogP contribution in [0.3, 0.4) is 0 Å². The van der Waals surface area contributed by atoms with Gasteiger partial charge in [0.1, 0.15) is 0 Å². The van der Waals surface area contributed by atoms with Gasteiger partial charge < -0.3 is 5.11 Å². The lowest BCUT2D eigenvalue weighted by Crippen LogP contribution is -1.94. The van der Waals surface area contributed by atoms with Crippen LogP contribution in [0, 0.1) is 5.82 Å². The summed E-state index contributed by atoms with van der Waals surface area (Å²) in [5.41, 5.74) is 2.06. The number of aromatic hydroxyl groups is 1. The van der Waals surface area contributed by atoms with Crippen molar-refractivity contribution in [3.8, 4) is 5.75 Å². The molecular weight excluding hydrogens is 191 g/mol. The average molecular weight is 212 g/mol. The molecule has 0 heterocycles. The van der Waals surface area contributed by atoms with Gasteiger partial charge in [-0.1, -0.05) is 34.1 Å². The maximum atomic E-state index is 12.9. The van der Waals surface area contributed by atoms with E-state index < -0.39 is 5.82 Å². The molecule has 0 amide bonds. The van der Waals surface area contributed by atoms with Crippen molar-refractivity contribution in [1.29, 1.82) is 0 Å². The minimum absolute atomic E-state index is 0.236. The van der Waals surface area contributed by atoms with Crippen LogP contribution in [0.25, 0.3) is 0 Å². The standard InChI is InChI=1S/C11H15FO.C2H6/c1-3-5-9-7-11(13)10(12)6-8(9)4-2;1-2/h6-7,13H,3-5H2,1-2H3;1-2H3. The van der Waals surface area contributed by atoms with Crippen molar-refractivity contribution in [1.82, 2.24) is 0 Å². The van der Waals surface area contributed by atoms with Crippen molar-refractivity contribution in [3.63, 3.8) is 0 Å². The van der Waals surface area contributed by atoms with Crippen molar-refractivity contribution < 1.29 is 9.50 Å². The first-order valence-electron chi connectivity index (χ1n) is 5.69. The molecule has 0 saturated heterocycles. The molecule has 0 aliphatic carbocycles. The summed E-state index contributed by atoms with van der Waals surface area (Å²) in [6.45, 7) is 8.06. The summed E-state index contributed by atoms with van der Waals surface area (Å²) in [6, 6.07) is 2.97. The summed E-state index contributed by atoms with van der Waals surface area (Å²) in [5.74, 6) is -0.752. The Bertz CT molecular complexity index is 295. The van der Waals surface area contributed by atoms with Crippen LogP contribution in [-0.4, -0.2) is 5.11 Å². The lowest BCUT2D eigenvalue weighted by Gasteiger charge is -2.07. The molecule has 0 unspecified atom stereocenters. The van der Waals surface area contributed by atoms with Gasteiger partial charge in [-0.05, 0) is 36.1 Å². The van der Waals surface area contributed by atoms with Crippen LogP contribution in [0.5, 0.6) is 5.75 Å². The third-order valence-electron chi connectivity index (χ3n) is 2.17. The summed E-state index contributed by atoms with van der Waals surface area (Å²) >= 11 is 0. The fourth-order valence-corrected chi connectivity index (χ4v) is 1.48. The zero-order valence-corrected chi connectivity index (χ0v) is 10.1. The molecule has 1 N–H and O–H groups in total. The van der Waals surface area contributed by atoms with Crippen molar-refractivity contribution in [2.75, 3.05) is 0 Å². The molecule has 0 saturated carbocycles. The maximum absolute atomic E-state index is 12.9. The highest BCUT2D eigenvalue weighted by molar-refractivity contribution is 5.36. The Hall–Kier alpha value is -1.05. The number of benzene rings is 1. The molecule has 0 spiro atoms. The zero-order valence-electron chi connectivity index (χ0n) is 10.1. The number of halogens is 1. The monoisotopic (exact) mass is 212 g/mol. The topological polar surface area (TPSA) is 20.2 Å². The molecule has 1 aromatic carbocycles. The molecule has 0 aliphatic heterocycles. The molecule has 86 valence electrons. The van der Waals surface area contributed by atoms with Crippen LogP contribution in [0.2, 0.25) is 0 Å². The Morgan fingerprint density at radius 2 is 1.73 bits per heavy atom. The second-order valence-corrected chi connectivity index (χ2v) is 3.18.